The highest BCUT2D eigenvalue weighted by molar-refractivity contribution is 5.57. The Labute approximate surface area is 133 Å². The number of aromatic hydroxyl groups is 1. The predicted octanol–water partition coefficient (Wildman–Crippen LogP) is 2.74. The summed E-state index contributed by atoms with van der Waals surface area (Å²) >= 11 is 0. The molecule has 0 saturated carbocycles. The molecule has 23 heavy (non-hydrogen) atoms. The molecular formula is C16H17N5O2. The van der Waals surface area contributed by atoms with Gasteiger partial charge < -0.3 is 9.84 Å². The van der Waals surface area contributed by atoms with Crippen LogP contribution < -0.4 is 10.1 Å². The molecule has 7 nitrogen and oxygen atoms in total. The van der Waals surface area contributed by atoms with Gasteiger partial charge in [-0.25, -0.2) is 19.5 Å². The number of aromatic nitrogens is 4. The van der Waals surface area contributed by atoms with Gasteiger partial charge in [0.2, 0.25) is 17.8 Å². The molecule has 0 spiro atoms. The Morgan fingerprint density at radius 1 is 1.13 bits per heavy atom. The van der Waals surface area contributed by atoms with Crippen molar-refractivity contribution in [2.24, 2.45) is 0 Å². The van der Waals surface area contributed by atoms with Crippen molar-refractivity contribution in [1.82, 2.24) is 19.5 Å². The fraction of sp³-hybridized carbons (Fsp3) is 0.188. The SMILES string of the molecule is COc1ccccc1-n1c(O)cnc1Nc1nc(C)cc(C)n1. The molecule has 118 valence electrons. The molecule has 2 N–H and O–H groups in total. The maximum atomic E-state index is 10.2. The first-order valence-electron chi connectivity index (χ1n) is 7.08. The molecule has 0 fully saturated rings. The molecular weight excluding hydrogens is 294 g/mol. The second-order valence-corrected chi connectivity index (χ2v) is 5.05. The summed E-state index contributed by atoms with van der Waals surface area (Å²) in [7, 11) is 1.58. The number of methoxy groups -OCH3 is 1. The molecule has 0 aliphatic carbocycles. The van der Waals surface area contributed by atoms with Crippen LogP contribution >= 0.6 is 0 Å². The van der Waals surface area contributed by atoms with E-state index in [0.717, 1.165) is 11.4 Å². The summed E-state index contributed by atoms with van der Waals surface area (Å²) in [5.41, 5.74) is 2.36. The van der Waals surface area contributed by atoms with Crippen molar-refractivity contribution >= 4 is 11.9 Å². The zero-order valence-corrected chi connectivity index (χ0v) is 13.1. The molecule has 0 atom stereocenters. The van der Waals surface area contributed by atoms with Gasteiger partial charge in [-0.3, -0.25) is 5.32 Å². The van der Waals surface area contributed by atoms with Gasteiger partial charge in [0.15, 0.2) is 0 Å². The van der Waals surface area contributed by atoms with Crippen molar-refractivity contribution in [1.29, 1.82) is 0 Å². The monoisotopic (exact) mass is 311 g/mol. The van der Waals surface area contributed by atoms with E-state index in [9.17, 15) is 5.11 Å². The summed E-state index contributed by atoms with van der Waals surface area (Å²) < 4.78 is 6.89. The predicted molar refractivity (Wildman–Crippen MR) is 86.6 cm³/mol. The molecule has 0 unspecified atom stereocenters. The van der Waals surface area contributed by atoms with Crippen LogP contribution in [0.2, 0.25) is 0 Å². The molecule has 0 saturated heterocycles. The molecule has 2 aromatic heterocycles. The van der Waals surface area contributed by atoms with Gasteiger partial charge in [0.05, 0.1) is 19.0 Å². The van der Waals surface area contributed by atoms with Crippen LogP contribution in [0.15, 0.2) is 36.5 Å². The van der Waals surface area contributed by atoms with E-state index >= 15 is 0 Å². The van der Waals surface area contributed by atoms with Crippen LogP contribution in [-0.2, 0) is 0 Å². The van der Waals surface area contributed by atoms with Crippen molar-refractivity contribution in [3.05, 3.63) is 47.9 Å². The van der Waals surface area contributed by atoms with Crippen LogP contribution in [0.5, 0.6) is 11.6 Å². The maximum Gasteiger partial charge on any atom is 0.229 e. The first-order chi connectivity index (χ1) is 11.1. The lowest BCUT2D eigenvalue weighted by Crippen LogP contribution is -2.06. The number of para-hydroxylation sites is 2. The van der Waals surface area contributed by atoms with Gasteiger partial charge in [-0.2, -0.15) is 0 Å². The third-order valence-electron chi connectivity index (χ3n) is 3.28. The lowest BCUT2D eigenvalue weighted by atomic mass is 10.3. The normalized spacial score (nSPS) is 10.6. The topological polar surface area (TPSA) is 85.1 Å². The number of aryl methyl sites for hydroxylation is 2. The molecule has 0 bridgehead atoms. The largest absolute Gasteiger partial charge is 0.495 e. The zero-order valence-electron chi connectivity index (χ0n) is 13.1. The molecule has 2 heterocycles. The summed E-state index contributed by atoms with van der Waals surface area (Å²) in [5, 5.41) is 13.2. The third kappa shape index (κ3) is 2.94. The number of nitrogens with zero attached hydrogens (tertiary/aromatic N) is 4. The van der Waals surface area contributed by atoms with Crippen molar-refractivity contribution in [2.45, 2.75) is 13.8 Å². The minimum absolute atomic E-state index is 0.0126. The number of anilines is 2. The Bertz CT molecular complexity index is 824. The van der Waals surface area contributed by atoms with Gasteiger partial charge in [0, 0.05) is 11.4 Å². The quantitative estimate of drug-likeness (QED) is 0.770. The van der Waals surface area contributed by atoms with E-state index in [1.165, 1.54) is 6.20 Å². The van der Waals surface area contributed by atoms with Crippen molar-refractivity contribution in [3.8, 4) is 17.3 Å². The zero-order chi connectivity index (χ0) is 16.4. The summed E-state index contributed by atoms with van der Waals surface area (Å²) in [6.07, 6.45) is 1.36. The minimum atomic E-state index is -0.0126. The summed E-state index contributed by atoms with van der Waals surface area (Å²) in [4.78, 5) is 12.8. The van der Waals surface area contributed by atoms with Gasteiger partial charge in [-0.15, -0.1) is 0 Å². The van der Waals surface area contributed by atoms with E-state index < -0.39 is 0 Å². The number of ether oxygens (including phenoxy) is 1. The van der Waals surface area contributed by atoms with Crippen molar-refractivity contribution in [3.63, 3.8) is 0 Å². The van der Waals surface area contributed by atoms with E-state index in [1.807, 2.05) is 44.2 Å². The van der Waals surface area contributed by atoms with Gasteiger partial charge in [-0.05, 0) is 32.0 Å². The van der Waals surface area contributed by atoms with Crippen LogP contribution in [0.3, 0.4) is 0 Å². The van der Waals surface area contributed by atoms with E-state index in [1.54, 1.807) is 11.7 Å². The Hall–Kier alpha value is -3.09. The average Bonchev–Trinajstić information content (AvgIpc) is 2.86. The van der Waals surface area contributed by atoms with Crippen LogP contribution in [0.4, 0.5) is 11.9 Å². The lowest BCUT2D eigenvalue weighted by molar-refractivity contribution is 0.406. The number of rotatable bonds is 4. The number of hydrogen-bond acceptors (Lipinski definition) is 6. The third-order valence-corrected chi connectivity index (χ3v) is 3.28. The lowest BCUT2D eigenvalue weighted by Gasteiger charge is -2.13. The average molecular weight is 311 g/mol. The van der Waals surface area contributed by atoms with Crippen molar-refractivity contribution in [2.75, 3.05) is 12.4 Å². The molecule has 1 aromatic carbocycles. The standard InChI is InChI=1S/C16H17N5O2/c1-10-8-11(2)19-15(18-10)20-16-17-9-14(22)21(16)12-6-4-5-7-13(12)23-3/h4-9,22H,1-3H3,(H,17,18,19,20). The number of imidazole rings is 1. The molecule has 0 amide bonds. The number of hydrogen-bond donors (Lipinski definition) is 2. The Morgan fingerprint density at radius 3 is 2.52 bits per heavy atom. The van der Waals surface area contributed by atoms with Crippen LogP contribution in [0, 0.1) is 13.8 Å². The van der Waals surface area contributed by atoms with Crippen LogP contribution in [0.25, 0.3) is 5.69 Å². The fourth-order valence-corrected chi connectivity index (χ4v) is 2.36. The fourth-order valence-electron chi connectivity index (χ4n) is 2.36. The Balaban J connectivity index is 2.05. The molecule has 0 radical (unpaired) electrons. The number of nitrogens with one attached hydrogen (secondary N) is 1. The van der Waals surface area contributed by atoms with Gasteiger partial charge in [-0.1, -0.05) is 12.1 Å². The van der Waals surface area contributed by atoms with E-state index in [2.05, 4.69) is 20.3 Å². The molecule has 3 aromatic rings. The van der Waals surface area contributed by atoms with E-state index in [-0.39, 0.29) is 5.88 Å². The van der Waals surface area contributed by atoms with Gasteiger partial charge in [0.1, 0.15) is 5.75 Å². The first-order valence-corrected chi connectivity index (χ1v) is 7.08. The highest BCUT2D eigenvalue weighted by atomic mass is 16.5. The maximum absolute atomic E-state index is 10.2. The molecule has 7 heteroatoms. The van der Waals surface area contributed by atoms with Gasteiger partial charge in [0.25, 0.3) is 0 Å². The number of benzene rings is 1. The summed E-state index contributed by atoms with van der Waals surface area (Å²) in [5.74, 6) is 1.42. The van der Waals surface area contributed by atoms with E-state index in [0.29, 0.717) is 23.3 Å². The van der Waals surface area contributed by atoms with Crippen molar-refractivity contribution < 1.29 is 9.84 Å². The van der Waals surface area contributed by atoms with Gasteiger partial charge >= 0.3 is 0 Å². The second kappa shape index (κ2) is 5.96. The second-order valence-electron chi connectivity index (χ2n) is 5.05. The highest BCUT2D eigenvalue weighted by Crippen LogP contribution is 2.30. The molecule has 3 rings (SSSR count). The minimum Gasteiger partial charge on any atom is -0.495 e. The molecule has 0 aliphatic rings. The molecule has 0 aliphatic heterocycles. The summed E-state index contributed by atoms with van der Waals surface area (Å²) in [6, 6.07) is 9.24. The van der Waals surface area contributed by atoms with E-state index in [4.69, 9.17) is 4.74 Å². The summed E-state index contributed by atoms with van der Waals surface area (Å²) in [6.45, 7) is 3.79. The Morgan fingerprint density at radius 2 is 1.83 bits per heavy atom. The highest BCUT2D eigenvalue weighted by Gasteiger charge is 2.15. The Kier molecular flexibility index (Phi) is 3.84. The first kappa shape index (κ1) is 14.8. The van der Waals surface area contributed by atoms with Crippen LogP contribution in [-0.4, -0.2) is 31.7 Å². The smallest absolute Gasteiger partial charge is 0.229 e. The van der Waals surface area contributed by atoms with Crippen LogP contribution in [0.1, 0.15) is 11.4 Å².